The minimum atomic E-state index is -0.500. The summed E-state index contributed by atoms with van der Waals surface area (Å²) >= 11 is 1.51. The molecule has 9 nitrogen and oxygen atoms in total. The fraction of sp³-hybridized carbons (Fsp3) is 0.545. The van der Waals surface area contributed by atoms with Gasteiger partial charge in [-0.2, -0.15) is 11.3 Å². The zero-order valence-electron chi connectivity index (χ0n) is 18.3. The van der Waals surface area contributed by atoms with Crippen molar-refractivity contribution in [2.45, 2.75) is 32.7 Å². The molecule has 1 atom stereocenters. The Balaban J connectivity index is 1.43. The summed E-state index contributed by atoms with van der Waals surface area (Å²) in [6, 6.07) is 1.17. The Bertz CT molecular complexity index is 936. The molecule has 1 aromatic rings. The van der Waals surface area contributed by atoms with E-state index < -0.39 is 6.04 Å². The standard InChI is InChI=1S/C22H28N4O5S/c1-3-26-16-11-25(12-17(27)24-8-5-14(6-9-24)21(29)31-4-2)20(28)18(16)19(23-22(26)30)15-7-10-32-13-15/h7,10,13-14,19H,3-6,8-9,11-12H2,1-2H3,(H,23,30)/t19-/m0/s1. The molecule has 1 N–H and O–H groups in total. The van der Waals surface area contributed by atoms with Crippen molar-refractivity contribution in [3.05, 3.63) is 33.7 Å². The monoisotopic (exact) mass is 460 g/mol. The first-order valence-corrected chi connectivity index (χ1v) is 12.0. The summed E-state index contributed by atoms with van der Waals surface area (Å²) in [7, 11) is 0. The van der Waals surface area contributed by atoms with Gasteiger partial charge in [0.1, 0.15) is 6.54 Å². The van der Waals surface area contributed by atoms with Crippen molar-refractivity contribution in [3.63, 3.8) is 0 Å². The third-order valence-electron chi connectivity index (χ3n) is 6.28. The molecule has 32 heavy (non-hydrogen) atoms. The molecule has 1 aromatic heterocycles. The van der Waals surface area contributed by atoms with Gasteiger partial charge in [-0.05, 0) is 49.1 Å². The lowest BCUT2D eigenvalue weighted by Crippen LogP contribution is -2.47. The molecule has 3 aliphatic rings. The van der Waals surface area contributed by atoms with Crippen molar-refractivity contribution >= 4 is 35.2 Å². The van der Waals surface area contributed by atoms with Crippen molar-refractivity contribution in [2.75, 3.05) is 39.3 Å². The predicted octanol–water partition coefficient (Wildman–Crippen LogP) is 1.73. The van der Waals surface area contributed by atoms with E-state index in [-0.39, 0.29) is 42.8 Å². The van der Waals surface area contributed by atoms with Crippen LogP contribution in [0.4, 0.5) is 4.79 Å². The summed E-state index contributed by atoms with van der Waals surface area (Å²) < 4.78 is 5.08. The summed E-state index contributed by atoms with van der Waals surface area (Å²) in [4.78, 5) is 55.6. The fourth-order valence-electron chi connectivity index (χ4n) is 4.59. The molecule has 4 amide bonds. The molecule has 0 aliphatic carbocycles. The SMILES string of the molecule is CCOC(=O)C1CCN(C(=O)CN2CC3=C(C2=O)[C@H](c2ccsc2)NC(=O)N3CC)CC1. The van der Waals surface area contributed by atoms with Gasteiger partial charge in [0.05, 0.1) is 36.4 Å². The molecule has 1 saturated heterocycles. The lowest BCUT2D eigenvalue weighted by molar-refractivity contribution is -0.151. The number of thiophene rings is 1. The van der Waals surface area contributed by atoms with Crippen LogP contribution in [0.2, 0.25) is 0 Å². The Kier molecular flexibility index (Phi) is 6.50. The van der Waals surface area contributed by atoms with Gasteiger partial charge in [0.2, 0.25) is 5.91 Å². The van der Waals surface area contributed by atoms with Gasteiger partial charge < -0.3 is 19.9 Å². The minimum absolute atomic E-state index is 0.0436. The molecule has 0 spiro atoms. The number of hydrogen-bond acceptors (Lipinski definition) is 6. The van der Waals surface area contributed by atoms with Gasteiger partial charge >= 0.3 is 12.0 Å². The van der Waals surface area contributed by atoms with E-state index in [4.69, 9.17) is 4.74 Å². The molecule has 4 rings (SSSR count). The summed E-state index contributed by atoms with van der Waals surface area (Å²) in [5.74, 6) is -0.746. The number of carbonyl (C=O) groups excluding carboxylic acids is 4. The molecule has 172 valence electrons. The van der Waals surface area contributed by atoms with Gasteiger partial charge in [0, 0.05) is 19.6 Å². The summed E-state index contributed by atoms with van der Waals surface area (Å²) in [6.45, 7) is 5.57. The van der Waals surface area contributed by atoms with Gasteiger partial charge in [-0.25, -0.2) is 4.79 Å². The normalized spacial score (nSPS) is 21.7. The number of hydrogen-bond donors (Lipinski definition) is 1. The van der Waals surface area contributed by atoms with Gasteiger partial charge in [-0.1, -0.05) is 0 Å². The van der Waals surface area contributed by atoms with Crippen molar-refractivity contribution in [1.82, 2.24) is 20.0 Å². The number of nitrogens with one attached hydrogen (secondary N) is 1. The van der Waals surface area contributed by atoms with E-state index in [1.807, 2.05) is 23.8 Å². The number of carbonyl (C=O) groups is 4. The zero-order valence-corrected chi connectivity index (χ0v) is 19.2. The molecule has 0 radical (unpaired) electrons. The van der Waals surface area contributed by atoms with Crippen LogP contribution in [-0.4, -0.2) is 77.8 Å². The van der Waals surface area contributed by atoms with Crippen LogP contribution in [0, 0.1) is 5.92 Å². The van der Waals surface area contributed by atoms with E-state index in [2.05, 4.69) is 5.32 Å². The van der Waals surface area contributed by atoms with E-state index in [9.17, 15) is 19.2 Å². The maximum absolute atomic E-state index is 13.3. The lowest BCUT2D eigenvalue weighted by Gasteiger charge is -2.32. The predicted molar refractivity (Wildman–Crippen MR) is 118 cm³/mol. The highest BCUT2D eigenvalue weighted by Gasteiger charge is 2.44. The third-order valence-corrected chi connectivity index (χ3v) is 6.98. The van der Waals surface area contributed by atoms with E-state index in [1.54, 1.807) is 16.7 Å². The number of piperidine rings is 1. The van der Waals surface area contributed by atoms with Crippen LogP contribution >= 0.6 is 11.3 Å². The quantitative estimate of drug-likeness (QED) is 0.652. The van der Waals surface area contributed by atoms with Crippen LogP contribution < -0.4 is 5.32 Å². The first kappa shape index (κ1) is 22.3. The highest BCUT2D eigenvalue weighted by molar-refractivity contribution is 7.08. The molecule has 0 aromatic carbocycles. The van der Waals surface area contributed by atoms with Crippen molar-refractivity contribution in [3.8, 4) is 0 Å². The molecular formula is C22H28N4O5S. The van der Waals surface area contributed by atoms with Crippen LogP contribution in [0.5, 0.6) is 0 Å². The van der Waals surface area contributed by atoms with Crippen molar-refractivity contribution < 1.29 is 23.9 Å². The van der Waals surface area contributed by atoms with E-state index in [0.29, 0.717) is 50.4 Å². The van der Waals surface area contributed by atoms with Crippen molar-refractivity contribution in [2.24, 2.45) is 5.92 Å². The second-order valence-electron chi connectivity index (χ2n) is 8.11. The van der Waals surface area contributed by atoms with Crippen LogP contribution in [0.1, 0.15) is 38.3 Å². The molecule has 0 saturated carbocycles. The molecular weight excluding hydrogens is 432 g/mol. The minimum Gasteiger partial charge on any atom is -0.466 e. The second-order valence-corrected chi connectivity index (χ2v) is 8.89. The molecule has 4 heterocycles. The number of urea groups is 1. The Morgan fingerprint density at radius 2 is 1.97 bits per heavy atom. The van der Waals surface area contributed by atoms with Crippen LogP contribution in [0.25, 0.3) is 0 Å². The average molecular weight is 461 g/mol. The zero-order chi connectivity index (χ0) is 22.8. The molecule has 1 fully saturated rings. The van der Waals surface area contributed by atoms with Gasteiger partial charge in [0.25, 0.3) is 5.91 Å². The Labute approximate surface area is 191 Å². The van der Waals surface area contributed by atoms with Gasteiger partial charge in [-0.3, -0.25) is 19.3 Å². The van der Waals surface area contributed by atoms with Crippen LogP contribution in [0.15, 0.2) is 28.1 Å². The number of rotatable bonds is 6. The number of likely N-dealkylation sites (tertiary alicyclic amines) is 1. The Hall–Kier alpha value is -2.88. The number of amides is 4. The highest BCUT2D eigenvalue weighted by Crippen LogP contribution is 2.36. The maximum Gasteiger partial charge on any atom is 0.322 e. The topological polar surface area (TPSA) is 99.3 Å². The highest BCUT2D eigenvalue weighted by atomic mass is 32.1. The number of ether oxygens (including phenoxy) is 1. The van der Waals surface area contributed by atoms with E-state index in [0.717, 1.165) is 5.56 Å². The van der Waals surface area contributed by atoms with Gasteiger partial charge in [-0.15, -0.1) is 0 Å². The summed E-state index contributed by atoms with van der Waals surface area (Å²) in [5.41, 5.74) is 2.08. The lowest BCUT2D eigenvalue weighted by atomic mass is 9.97. The molecule has 0 bridgehead atoms. The number of likely N-dealkylation sites (N-methyl/N-ethyl adjacent to an activating group) is 1. The summed E-state index contributed by atoms with van der Waals surface area (Å²) in [5, 5.41) is 6.77. The first-order valence-electron chi connectivity index (χ1n) is 11.0. The Morgan fingerprint density at radius 3 is 2.59 bits per heavy atom. The van der Waals surface area contributed by atoms with Gasteiger partial charge in [0.15, 0.2) is 0 Å². The smallest absolute Gasteiger partial charge is 0.322 e. The fourth-order valence-corrected chi connectivity index (χ4v) is 5.27. The molecule has 0 unspecified atom stereocenters. The third kappa shape index (κ3) is 4.11. The number of nitrogens with zero attached hydrogens (tertiary/aromatic N) is 3. The second kappa shape index (κ2) is 9.32. The molecule has 3 aliphatic heterocycles. The van der Waals surface area contributed by atoms with E-state index >= 15 is 0 Å². The summed E-state index contributed by atoms with van der Waals surface area (Å²) in [6.07, 6.45) is 1.13. The van der Waals surface area contributed by atoms with Crippen molar-refractivity contribution in [1.29, 1.82) is 0 Å². The van der Waals surface area contributed by atoms with E-state index in [1.165, 1.54) is 16.2 Å². The largest absolute Gasteiger partial charge is 0.466 e. The maximum atomic E-state index is 13.3. The Morgan fingerprint density at radius 1 is 1.22 bits per heavy atom. The van der Waals surface area contributed by atoms with Crippen LogP contribution in [-0.2, 0) is 19.1 Å². The number of esters is 1. The molecule has 10 heteroatoms. The first-order chi connectivity index (χ1) is 15.4. The van der Waals surface area contributed by atoms with Crippen LogP contribution in [0.3, 0.4) is 0 Å². The average Bonchev–Trinajstić information content (AvgIpc) is 3.43.